The molecule has 1 atom stereocenters. The monoisotopic (exact) mass is 449 g/mol. The molecule has 0 spiro atoms. The minimum Gasteiger partial charge on any atom is -0.252 e. The third-order valence-electron chi connectivity index (χ3n) is 4.39. The Kier molecular flexibility index (Phi) is 6.35. The fraction of sp³-hybridized carbons (Fsp3) is 0.333. The predicted molar refractivity (Wildman–Crippen MR) is 118 cm³/mol. The van der Waals surface area contributed by atoms with Crippen molar-refractivity contribution in [2.75, 3.05) is 12.8 Å². The van der Waals surface area contributed by atoms with E-state index in [0.29, 0.717) is 40.8 Å². The molecule has 0 saturated heterocycles. The van der Waals surface area contributed by atoms with Gasteiger partial charge in [0, 0.05) is 30.2 Å². The van der Waals surface area contributed by atoms with E-state index in [2.05, 4.69) is 14.7 Å². The molecule has 160 valence electrons. The second-order valence-electron chi connectivity index (χ2n) is 7.98. The molecule has 0 aliphatic heterocycles. The molecule has 0 aliphatic carbocycles. The van der Waals surface area contributed by atoms with Crippen LogP contribution in [0.5, 0.6) is 0 Å². The first-order valence-electron chi connectivity index (χ1n) is 9.37. The Bertz CT molecular complexity index is 1220. The van der Waals surface area contributed by atoms with E-state index in [4.69, 9.17) is 0 Å². The van der Waals surface area contributed by atoms with Gasteiger partial charge in [-0.25, -0.2) is 26.7 Å². The van der Waals surface area contributed by atoms with Crippen LogP contribution in [0.2, 0.25) is 0 Å². The van der Waals surface area contributed by atoms with Crippen LogP contribution in [0.3, 0.4) is 0 Å². The van der Waals surface area contributed by atoms with Gasteiger partial charge in [0.15, 0.2) is 14.9 Å². The Balaban J connectivity index is 2.05. The van der Waals surface area contributed by atoms with Crippen LogP contribution in [-0.4, -0.2) is 40.1 Å². The highest BCUT2D eigenvalue weighted by Gasteiger charge is 2.20. The van der Waals surface area contributed by atoms with Gasteiger partial charge in [0.2, 0.25) is 0 Å². The third kappa shape index (κ3) is 5.27. The van der Waals surface area contributed by atoms with E-state index in [1.165, 1.54) is 18.2 Å². The number of nitrogens with zero attached hydrogens (tertiary/aromatic N) is 2. The summed E-state index contributed by atoms with van der Waals surface area (Å²) in [7, 11) is -4.71. The van der Waals surface area contributed by atoms with Crippen molar-refractivity contribution < 1.29 is 17.0 Å². The lowest BCUT2D eigenvalue weighted by Gasteiger charge is -2.18. The number of halogens is 1. The molecule has 9 heteroatoms. The number of rotatable bonds is 6. The molecule has 0 radical (unpaired) electrons. The molecule has 1 aromatic carbocycles. The van der Waals surface area contributed by atoms with E-state index < -0.39 is 25.6 Å². The lowest BCUT2D eigenvalue weighted by molar-refractivity contribution is 0.598. The number of hydrogen-bond acceptors (Lipinski definition) is 5. The Hall–Kier alpha value is -2.23. The zero-order chi connectivity index (χ0) is 22.1. The van der Waals surface area contributed by atoms with Crippen LogP contribution < -0.4 is 4.72 Å². The summed E-state index contributed by atoms with van der Waals surface area (Å²) in [5, 5.41) is 0.545. The van der Waals surface area contributed by atoms with Crippen molar-refractivity contribution in [1.82, 2.24) is 14.7 Å². The summed E-state index contributed by atoms with van der Waals surface area (Å²) in [6.07, 6.45) is 1.54. The highest BCUT2D eigenvalue weighted by Crippen LogP contribution is 2.27. The molecule has 2 heterocycles. The van der Waals surface area contributed by atoms with Gasteiger partial charge in [0.1, 0.15) is 5.82 Å². The molecule has 0 amide bonds. The van der Waals surface area contributed by atoms with Gasteiger partial charge < -0.3 is 0 Å². The maximum atomic E-state index is 13.7. The third-order valence-corrected chi connectivity index (χ3v) is 6.95. The molecule has 1 N–H and O–H groups in total. The van der Waals surface area contributed by atoms with Gasteiger partial charge in [-0.2, -0.15) is 0 Å². The summed E-state index contributed by atoms with van der Waals surface area (Å²) in [5.74, 6) is -0.386. The Labute approximate surface area is 178 Å². The summed E-state index contributed by atoms with van der Waals surface area (Å²) in [5.41, 5.74) is 2.32. The van der Waals surface area contributed by atoms with Crippen molar-refractivity contribution in [2.45, 2.75) is 37.0 Å². The fourth-order valence-corrected chi connectivity index (χ4v) is 4.16. The van der Waals surface area contributed by atoms with Crippen LogP contribution in [-0.2, 0) is 27.2 Å². The van der Waals surface area contributed by atoms with E-state index in [1.54, 1.807) is 24.3 Å². The highest BCUT2D eigenvalue weighted by molar-refractivity contribution is 7.90. The molecule has 0 saturated carbocycles. The highest BCUT2D eigenvalue weighted by atomic mass is 32.2. The number of sulfone groups is 1. The molecule has 1 unspecified atom stereocenters. The number of fused-ring (bicyclic) bond motifs is 1. The molecule has 6 nitrogen and oxygen atoms in total. The quantitative estimate of drug-likeness (QED) is 0.623. The van der Waals surface area contributed by atoms with Crippen LogP contribution in [0.1, 0.15) is 26.5 Å². The number of hydrogen-bond donors (Lipinski definition) is 1. The van der Waals surface area contributed by atoms with E-state index in [1.807, 2.05) is 20.8 Å². The largest absolute Gasteiger partial charge is 0.252 e. The second-order valence-corrected chi connectivity index (χ2v) is 12.0. The number of pyridine rings is 2. The van der Waals surface area contributed by atoms with Crippen molar-refractivity contribution in [3.63, 3.8) is 0 Å². The van der Waals surface area contributed by atoms with Gasteiger partial charge in [0.05, 0.1) is 32.6 Å². The molecule has 3 aromatic rings. The molecule has 0 bridgehead atoms. The summed E-state index contributed by atoms with van der Waals surface area (Å²) in [4.78, 5) is 8.93. The summed E-state index contributed by atoms with van der Waals surface area (Å²) in [6.45, 7) is 6.04. The molecule has 3 rings (SSSR count). The maximum Gasteiger partial charge on any atom is 0.192 e. The first-order valence-corrected chi connectivity index (χ1v) is 12.4. The molecule has 0 aliphatic rings. The minimum absolute atomic E-state index is 0.0442. The van der Waals surface area contributed by atoms with Crippen LogP contribution in [0.15, 0.2) is 47.5 Å². The van der Waals surface area contributed by atoms with Gasteiger partial charge in [-0.15, -0.1) is 0 Å². The van der Waals surface area contributed by atoms with Crippen LogP contribution >= 0.6 is 0 Å². The smallest absolute Gasteiger partial charge is 0.192 e. The van der Waals surface area contributed by atoms with E-state index in [-0.39, 0.29) is 10.8 Å². The normalized spacial score (nSPS) is 13.5. The SMILES string of the molecule is CC(C)(C)S(=O)NCCc1nc2ccc(F)cc2cc1-c1cccc(S(C)(=O)=O)n1. The molecule has 0 fully saturated rings. The average molecular weight is 450 g/mol. The van der Waals surface area contributed by atoms with Gasteiger partial charge in [-0.3, -0.25) is 4.98 Å². The topological polar surface area (TPSA) is 89.0 Å². The van der Waals surface area contributed by atoms with Gasteiger partial charge in [-0.1, -0.05) is 6.07 Å². The summed E-state index contributed by atoms with van der Waals surface area (Å²) in [6, 6.07) is 10.8. The minimum atomic E-state index is -3.48. The van der Waals surface area contributed by atoms with E-state index in [0.717, 1.165) is 6.26 Å². The average Bonchev–Trinajstić information content (AvgIpc) is 2.66. The lowest BCUT2D eigenvalue weighted by atomic mass is 10.0. The van der Waals surface area contributed by atoms with Crippen molar-refractivity contribution in [3.05, 3.63) is 54.0 Å². The first kappa shape index (κ1) is 22.5. The zero-order valence-corrected chi connectivity index (χ0v) is 18.9. The van der Waals surface area contributed by atoms with Crippen molar-refractivity contribution >= 4 is 31.7 Å². The number of benzene rings is 1. The van der Waals surface area contributed by atoms with Crippen molar-refractivity contribution in [2.24, 2.45) is 0 Å². The molecular formula is C21H24FN3O3S2. The van der Waals surface area contributed by atoms with Gasteiger partial charge in [-0.05, 0) is 57.2 Å². The fourth-order valence-electron chi connectivity index (χ4n) is 2.85. The Morgan fingerprint density at radius 3 is 2.50 bits per heavy atom. The second kappa shape index (κ2) is 8.49. The van der Waals surface area contributed by atoms with Crippen molar-refractivity contribution in [3.8, 4) is 11.3 Å². The zero-order valence-electron chi connectivity index (χ0n) is 17.3. The van der Waals surface area contributed by atoms with Gasteiger partial charge >= 0.3 is 0 Å². The Morgan fingerprint density at radius 2 is 1.83 bits per heavy atom. The lowest BCUT2D eigenvalue weighted by Crippen LogP contribution is -2.34. The Morgan fingerprint density at radius 1 is 1.10 bits per heavy atom. The molecule has 2 aromatic heterocycles. The maximum absolute atomic E-state index is 13.7. The first-order chi connectivity index (χ1) is 13.9. The van der Waals surface area contributed by atoms with Crippen LogP contribution in [0.4, 0.5) is 4.39 Å². The summed E-state index contributed by atoms with van der Waals surface area (Å²) < 4.78 is 52.5. The summed E-state index contributed by atoms with van der Waals surface area (Å²) >= 11 is 0. The van der Waals surface area contributed by atoms with Gasteiger partial charge in [0.25, 0.3) is 0 Å². The van der Waals surface area contributed by atoms with Crippen LogP contribution in [0, 0.1) is 5.82 Å². The van der Waals surface area contributed by atoms with E-state index >= 15 is 0 Å². The number of nitrogens with one attached hydrogen (secondary N) is 1. The molecular weight excluding hydrogens is 425 g/mol. The standard InChI is InChI=1S/C21H24FN3O3S2/c1-21(2,3)29(26)23-11-10-19-16(13-14-12-15(22)8-9-17(14)24-19)18-6-5-7-20(25-18)30(4,27)28/h5-9,12-13,23H,10-11H2,1-4H3. The number of aromatic nitrogens is 2. The van der Waals surface area contributed by atoms with Crippen molar-refractivity contribution in [1.29, 1.82) is 0 Å². The van der Waals surface area contributed by atoms with Crippen LogP contribution in [0.25, 0.3) is 22.2 Å². The van der Waals surface area contributed by atoms with E-state index in [9.17, 15) is 17.0 Å². The predicted octanol–water partition coefficient (Wildman–Crippen LogP) is 3.43. The molecule has 30 heavy (non-hydrogen) atoms.